The van der Waals surface area contributed by atoms with E-state index < -0.39 is 0 Å². The number of hydrogen-bond donors (Lipinski definition) is 0. The molecule has 0 unspecified atom stereocenters. The summed E-state index contributed by atoms with van der Waals surface area (Å²) >= 11 is 3.43. The van der Waals surface area contributed by atoms with Gasteiger partial charge in [0, 0.05) is 42.3 Å². The molecule has 0 N–H and O–H groups in total. The van der Waals surface area contributed by atoms with Crippen LogP contribution in [0.3, 0.4) is 0 Å². The molecule has 0 fully saturated rings. The molecule has 6 heteroatoms. The maximum absolute atomic E-state index is 4.76. The van der Waals surface area contributed by atoms with Crippen molar-refractivity contribution in [2.75, 3.05) is 6.54 Å². The Morgan fingerprint density at radius 2 is 2.23 bits per heavy atom. The highest BCUT2D eigenvalue weighted by Gasteiger charge is 2.19. The standard InChI is InChI=1S/C16H16N4S2/c1-11-10-22-15(18-11)9-20-5-4-13-12(8-20)7-17-16(19-13)14-3-2-6-21-14/h2-3,6-7,10H,4-5,8-9H2,1H3. The normalized spacial score (nSPS) is 15.0. The Hall–Kier alpha value is -1.63. The van der Waals surface area contributed by atoms with Crippen LogP contribution >= 0.6 is 22.7 Å². The molecule has 3 aromatic rings. The SMILES string of the molecule is Cc1csc(CN2CCc3nc(-c4cccs4)ncc3C2)n1. The summed E-state index contributed by atoms with van der Waals surface area (Å²) in [5, 5.41) is 5.37. The zero-order valence-corrected chi connectivity index (χ0v) is 14.0. The fourth-order valence-electron chi connectivity index (χ4n) is 2.70. The van der Waals surface area contributed by atoms with E-state index in [4.69, 9.17) is 4.98 Å². The average Bonchev–Trinajstić information content (AvgIpc) is 3.19. The minimum Gasteiger partial charge on any atom is -0.292 e. The van der Waals surface area contributed by atoms with Gasteiger partial charge in [-0.15, -0.1) is 22.7 Å². The average molecular weight is 328 g/mol. The number of thiophene rings is 1. The van der Waals surface area contributed by atoms with Crippen molar-refractivity contribution in [2.45, 2.75) is 26.4 Å². The van der Waals surface area contributed by atoms with E-state index in [0.29, 0.717) is 0 Å². The summed E-state index contributed by atoms with van der Waals surface area (Å²) in [6.07, 6.45) is 2.98. The largest absolute Gasteiger partial charge is 0.292 e. The highest BCUT2D eigenvalue weighted by molar-refractivity contribution is 7.13. The molecule has 0 atom stereocenters. The van der Waals surface area contributed by atoms with Crippen molar-refractivity contribution in [2.24, 2.45) is 0 Å². The van der Waals surface area contributed by atoms with Crippen molar-refractivity contribution in [3.8, 4) is 10.7 Å². The number of nitrogens with zero attached hydrogens (tertiary/aromatic N) is 4. The Bertz CT molecular complexity index is 779. The molecule has 4 nitrogen and oxygen atoms in total. The first-order valence-electron chi connectivity index (χ1n) is 7.30. The Balaban J connectivity index is 1.52. The van der Waals surface area contributed by atoms with Crippen molar-refractivity contribution in [1.82, 2.24) is 19.9 Å². The summed E-state index contributed by atoms with van der Waals surface area (Å²) in [5.74, 6) is 0.859. The van der Waals surface area contributed by atoms with Gasteiger partial charge in [-0.25, -0.2) is 15.0 Å². The fraction of sp³-hybridized carbons (Fsp3) is 0.312. The lowest BCUT2D eigenvalue weighted by atomic mass is 10.1. The van der Waals surface area contributed by atoms with Gasteiger partial charge in [0.25, 0.3) is 0 Å². The number of fused-ring (bicyclic) bond motifs is 1. The van der Waals surface area contributed by atoms with E-state index in [-0.39, 0.29) is 0 Å². The van der Waals surface area contributed by atoms with Crippen LogP contribution in [0.15, 0.2) is 29.1 Å². The Labute approximate surface area is 137 Å². The molecule has 0 aromatic carbocycles. The Morgan fingerprint density at radius 1 is 1.27 bits per heavy atom. The van der Waals surface area contributed by atoms with E-state index in [0.717, 1.165) is 42.5 Å². The molecule has 0 saturated heterocycles. The van der Waals surface area contributed by atoms with Crippen molar-refractivity contribution >= 4 is 22.7 Å². The molecular weight excluding hydrogens is 312 g/mol. The third-order valence-corrected chi connectivity index (χ3v) is 5.60. The first-order chi connectivity index (χ1) is 10.8. The molecule has 1 aliphatic rings. The topological polar surface area (TPSA) is 41.9 Å². The zero-order valence-electron chi connectivity index (χ0n) is 12.3. The third kappa shape index (κ3) is 2.82. The van der Waals surface area contributed by atoms with Crippen LogP contribution in [0, 0.1) is 6.92 Å². The number of aryl methyl sites for hydroxylation is 1. The van der Waals surface area contributed by atoms with E-state index in [1.807, 2.05) is 19.2 Å². The van der Waals surface area contributed by atoms with E-state index in [9.17, 15) is 0 Å². The Kier molecular flexibility index (Phi) is 3.73. The van der Waals surface area contributed by atoms with Crippen LogP contribution < -0.4 is 0 Å². The summed E-state index contributed by atoms with van der Waals surface area (Å²) in [7, 11) is 0. The van der Waals surface area contributed by atoms with Crippen LogP contribution in [-0.2, 0) is 19.5 Å². The van der Waals surface area contributed by atoms with Crippen LogP contribution in [0.4, 0.5) is 0 Å². The predicted octanol–water partition coefficient (Wildman–Crippen LogP) is 3.53. The van der Waals surface area contributed by atoms with Crippen LogP contribution in [0.1, 0.15) is 22.0 Å². The molecule has 0 radical (unpaired) electrons. The molecule has 22 heavy (non-hydrogen) atoms. The molecule has 112 valence electrons. The van der Waals surface area contributed by atoms with Gasteiger partial charge in [0.15, 0.2) is 5.82 Å². The molecule has 0 amide bonds. The van der Waals surface area contributed by atoms with Crippen molar-refractivity contribution < 1.29 is 0 Å². The molecule has 0 spiro atoms. The van der Waals surface area contributed by atoms with E-state index in [1.165, 1.54) is 16.3 Å². The van der Waals surface area contributed by atoms with Crippen LogP contribution in [0.2, 0.25) is 0 Å². The van der Waals surface area contributed by atoms with E-state index >= 15 is 0 Å². The van der Waals surface area contributed by atoms with Crippen LogP contribution in [0.5, 0.6) is 0 Å². The van der Waals surface area contributed by atoms with Crippen molar-refractivity contribution in [3.05, 3.63) is 51.0 Å². The summed E-state index contributed by atoms with van der Waals surface area (Å²) in [5.41, 5.74) is 3.56. The van der Waals surface area contributed by atoms with Gasteiger partial charge in [0.1, 0.15) is 5.01 Å². The van der Waals surface area contributed by atoms with Gasteiger partial charge >= 0.3 is 0 Å². The smallest absolute Gasteiger partial charge is 0.169 e. The summed E-state index contributed by atoms with van der Waals surface area (Å²) < 4.78 is 0. The summed E-state index contributed by atoms with van der Waals surface area (Å²) in [4.78, 5) is 17.4. The molecular formula is C16H16N4S2. The Morgan fingerprint density at radius 3 is 3.00 bits per heavy atom. The maximum atomic E-state index is 4.76. The quantitative estimate of drug-likeness (QED) is 0.737. The highest BCUT2D eigenvalue weighted by Crippen LogP contribution is 2.25. The maximum Gasteiger partial charge on any atom is 0.169 e. The minimum absolute atomic E-state index is 0.859. The molecule has 3 aromatic heterocycles. The number of hydrogen-bond acceptors (Lipinski definition) is 6. The number of rotatable bonds is 3. The monoisotopic (exact) mass is 328 g/mol. The fourth-order valence-corrected chi connectivity index (χ4v) is 4.18. The molecule has 0 bridgehead atoms. The highest BCUT2D eigenvalue weighted by atomic mass is 32.1. The van der Waals surface area contributed by atoms with Gasteiger partial charge in [-0.3, -0.25) is 4.90 Å². The van der Waals surface area contributed by atoms with Crippen molar-refractivity contribution in [3.63, 3.8) is 0 Å². The van der Waals surface area contributed by atoms with Gasteiger partial charge in [0.2, 0.25) is 0 Å². The lowest BCUT2D eigenvalue weighted by Gasteiger charge is -2.27. The van der Waals surface area contributed by atoms with Crippen LogP contribution in [-0.4, -0.2) is 26.4 Å². The molecule has 0 saturated carbocycles. The second-order valence-electron chi connectivity index (χ2n) is 5.49. The van der Waals surface area contributed by atoms with Gasteiger partial charge in [-0.2, -0.15) is 0 Å². The van der Waals surface area contributed by atoms with Gasteiger partial charge < -0.3 is 0 Å². The summed E-state index contributed by atoms with van der Waals surface area (Å²) in [6.45, 7) is 4.92. The lowest BCUT2D eigenvalue weighted by Crippen LogP contribution is -2.30. The second-order valence-corrected chi connectivity index (χ2v) is 7.38. The molecule has 4 heterocycles. The predicted molar refractivity (Wildman–Crippen MR) is 90.0 cm³/mol. The number of thiazole rings is 1. The van der Waals surface area contributed by atoms with Crippen LogP contribution in [0.25, 0.3) is 10.7 Å². The van der Waals surface area contributed by atoms with Gasteiger partial charge in [-0.1, -0.05) is 6.07 Å². The van der Waals surface area contributed by atoms with E-state index in [1.54, 1.807) is 22.7 Å². The first-order valence-corrected chi connectivity index (χ1v) is 9.06. The molecule has 0 aliphatic carbocycles. The van der Waals surface area contributed by atoms with Gasteiger partial charge in [0.05, 0.1) is 17.1 Å². The number of aromatic nitrogens is 3. The summed E-state index contributed by atoms with van der Waals surface area (Å²) in [6, 6.07) is 4.12. The lowest BCUT2D eigenvalue weighted by molar-refractivity contribution is 0.242. The first kappa shape index (κ1) is 14.0. The second kappa shape index (κ2) is 5.87. The van der Waals surface area contributed by atoms with Gasteiger partial charge in [-0.05, 0) is 18.4 Å². The minimum atomic E-state index is 0.859. The van der Waals surface area contributed by atoms with E-state index in [2.05, 4.69) is 31.7 Å². The zero-order chi connectivity index (χ0) is 14.9. The van der Waals surface area contributed by atoms with Crippen molar-refractivity contribution in [1.29, 1.82) is 0 Å². The molecule has 4 rings (SSSR count). The third-order valence-electron chi connectivity index (χ3n) is 3.78. The molecule has 1 aliphatic heterocycles.